The van der Waals surface area contributed by atoms with Gasteiger partial charge in [-0.25, -0.2) is 0 Å². The molecule has 0 aromatic heterocycles. The molecule has 114 valence electrons. The van der Waals surface area contributed by atoms with Crippen molar-refractivity contribution in [2.75, 3.05) is 12.4 Å². The third-order valence-electron chi connectivity index (χ3n) is 4.03. The van der Waals surface area contributed by atoms with Crippen molar-refractivity contribution in [2.45, 2.75) is 45.1 Å². The minimum Gasteiger partial charge on any atom is -0.349 e. The second-order valence-corrected chi connectivity index (χ2v) is 6.00. The zero-order chi connectivity index (χ0) is 15.4. The van der Waals surface area contributed by atoms with Crippen molar-refractivity contribution in [3.05, 3.63) is 33.9 Å². The van der Waals surface area contributed by atoms with E-state index in [9.17, 15) is 10.1 Å². The zero-order valence-corrected chi connectivity index (χ0v) is 13.3. The quantitative estimate of drug-likeness (QED) is 0.522. The summed E-state index contributed by atoms with van der Waals surface area (Å²) in [7, 11) is 1.96. The van der Waals surface area contributed by atoms with E-state index in [-0.39, 0.29) is 10.6 Å². The molecule has 1 saturated carbocycles. The van der Waals surface area contributed by atoms with Crippen molar-refractivity contribution in [3.63, 3.8) is 0 Å². The summed E-state index contributed by atoms with van der Waals surface area (Å²) < 4.78 is 0. The summed E-state index contributed by atoms with van der Waals surface area (Å²) in [5.74, 6) is 0. The van der Waals surface area contributed by atoms with Gasteiger partial charge in [0.25, 0.3) is 5.69 Å². The summed E-state index contributed by atoms with van der Waals surface area (Å²) in [4.78, 5) is 12.8. The predicted molar refractivity (Wildman–Crippen MR) is 88.7 cm³/mol. The Morgan fingerprint density at radius 2 is 2.05 bits per heavy atom. The number of aryl methyl sites for hydroxylation is 1. The first-order chi connectivity index (χ1) is 9.99. The molecule has 0 unspecified atom stereocenters. The summed E-state index contributed by atoms with van der Waals surface area (Å²) in [6, 6.07) is 5.56. The number of hydrogen-bond acceptors (Lipinski definition) is 3. The maximum Gasteiger partial charge on any atom is 0.292 e. The van der Waals surface area contributed by atoms with Crippen LogP contribution in [-0.4, -0.2) is 28.0 Å². The molecule has 0 atom stereocenters. The van der Waals surface area contributed by atoms with Crippen molar-refractivity contribution >= 4 is 28.7 Å². The van der Waals surface area contributed by atoms with Crippen molar-refractivity contribution < 1.29 is 4.92 Å². The number of nitrogens with one attached hydrogen (secondary N) is 1. The van der Waals surface area contributed by atoms with E-state index >= 15 is 0 Å². The molecule has 1 aromatic carbocycles. The molecule has 0 bridgehead atoms. The van der Waals surface area contributed by atoms with Crippen LogP contribution in [-0.2, 0) is 0 Å². The molecule has 1 aliphatic rings. The Kier molecular flexibility index (Phi) is 5.12. The van der Waals surface area contributed by atoms with Crippen LogP contribution in [0.15, 0.2) is 18.2 Å². The molecule has 0 saturated heterocycles. The van der Waals surface area contributed by atoms with Crippen LogP contribution >= 0.6 is 12.2 Å². The lowest BCUT2D eigenvalue weighted by molar-refractivity contribution is -0.383. The summed E-state index contributed by atoms with van der Waals surface area (Å²) in [6.07, 6.45) is 6.00. The minimum atomic E-state index is -0.376. The van der Waals surface area contributed by atoms with Crippen LogP contribution in [0.3, 0.4) is 0 Å². The first-order valence-electron chi connectivity index (χ1n) is 7.28. The van der Waals surface area contributed by atoms with Gasteiger partial charge in [0, 0.05) is 19.2 Å². The fourth-order valence-corrected chi connectivity index (χ4v) is 2.99. The first kappa shape index (κ1) is 15.7. The maximum absolute atomic E-state index is 11.1. The van der Waals surface area contributed by atoms with Gasteiger partial charge in [-0.15, -0.1) is 0 Å². The molecule has 5 nitrogen and oxygen atoms in total. The lowest BCUT2D eigenvalue weighted by atomic mass is 9.95. The molecule has 0 amide bonds. The van der Waals surface area contributed by atoms with E-state index in [1.54, 1.807) is 12.1 Å². The smallest absolute Gasteiger partial charge is 0.292 e. The average molecular weight is 307 g/mol. The van der Waals surface area contributed by atoms with E-state index in [1.807, 2.05) is 24.9 Å². The number of anilines is 1. The molecule has 1 aliphatic carbocycles. The number of rotatable bonds is 3. The standard InChI is InChI=1S/C15H21N3O2S/c1-11-8-9-13(14(10-11)18(19)20)16-15(21)17(2)12-6-4-3-5-7-12/h8-10,12H,3-7H2,1-2H3,(H,16,21). The SMILES string of the molecule is Cc1ccc(NC(=S)N(C)C2CCCCC2)c([N+](=O)[O-])c1. The molecule has 2 rings (SSSR count). The first-order valence-corrected chi connectivity index (χ1v) is 7.68. The number of thiocarbonyl (C=S) groups is 1. The summed E-state index contributed by atoms with van der Waals surface area (Å²) in [6.45, 7) is 1.84. The highest BCUT2D eigenvalue weighted by Gasteiger charge is 2.22. The lowest BCUT2D eigenvalue weighted by Crippen LogP contribution is -2.40. The largest absolute Gasteiger partial charge is 0.349 e. The highest BCUT2D eigenvalue weighted by atomic mass is 32.1. The van der Waals surface area contributed by atoms with Gasteiger partial charge in [-0.05, 0) is 43.6 Å². The summed E-state index contributed by atoms with van der Waals surface area (Å²) in [5.41, 5.74) is 1.38. The van der Waals surface area contributed by atoms with Crippen LogP contribution in [0.5, 0.6) is 0 Å². The third-order valence-corrected chi connectivity index (χ3v) is 4.42. The molecule has 1 N–H and O–H groups in total. The van der Waals surface area contributed by atoms with E-state index in [2.05, 4.69) is 5.32 Å². The Morgan fingerprint density at radius 3 is 2.67 bits per heavy atom. The van der Waals surface area contributed by atoms with Gasteiger partial charge in [0.2, 0.25) is 0 Å². The molecule has 0 spiro atoms. The van der Waals surface area contributed by atoms with E-state index in [1.165, 1.54) is 19.3 Å². The average Bonchev–Trinajstić information content (AvgIpc) is 2.49. The fourth-order valence-electron chi connectivity index (χ4n) is 2.74. The normalized spacial score (nSPS) is 15.5. The predicted octanol–water partition coefficient (Wildman–Crippen LogP) is 3.86. The molecular weight excluding hydrogens is 286 g/mol. The van der Waals surface area contributed by atoms with E-state index in [0.29, 0.717) is 16.8 Å². The number of nitro groups is 1. The molecule has 0 radical (unpaired) electrons. The number of benzene rings is 1. The monoisotopic (exact) mass is 307 g/mol. The Morgan fingerprint density at radius 1 is 1.38 bits per heavy atom. The minimum absolute atomic E-state index is 0.0643. The van der Waals surface area contributed by atoms with Crippen LogP contribution in [0.4, 0.5) is 11.4 Å². The second kappa shape index (κ2) is 6.85. The van der Waals surface area contributed by atoms with E-state index < -0.39 is 0 Å². The summed E-state index contributed by atoms with van der Waals surface area (Å²) in [5, 5.41) is 14.7. The zero-order valence-electron chi connectivity index (χ0n) is 12.5. The van der Waals surface area contributed by atoms with E-state index in [4.69, 9.17) is 12.2 Å². The van der Waals surface area contributed by atoms with Gasteiger partial charge in [0.1, 0.15) is 5.69 Å². The summed E-state index contributed by atoms with van der Waals surface area (Å²) >= 11 is 5.41. The van der Waals surface area contributed by atoms with E-state index in [0.717, 1.165) is 18.4 Å². The highest BCUT2D eigenvalue weighted by molar-refractivity contribution is 7.80. The molecule has 0 aliphatic heterocycles. The van der Waals surface area contributed by atoms with Crippen molar-refractivity contribution in [1.82, 2.24) is 4.90 Å². The number of hydrogen-bond donors (Lipinski definition) is 1. The van der Waals surface area contributed by atoms with Crippen LogP contribution in [0.2, 0.25) is 0 Å². The van der Waals surface area contributed by atoms with Gasteiger partial charge in [0.15, 0.2) is 5.11 Å². The van der Waals surface area contributed by atoms with Gasteiger partial charge >= 0.3 is 0 Å². The lowest BCUT2D eigenvalue weighted by Gasteiger charge is -2.33. The van der Waals surface area contributed by atoms with Crippen molar-refractivity contribution in [3.8, 4) is 0 Å². The Hall–Kier alpha value is -1.69. The van der Waals surface area contributed by atoms with Gasteiger partial charge in [0.05, 0.1) is 4.92 Å². The molecule has 21 heavy (non-hydrogen) atoms. The topological polar surface area (TPSA) is 58.4 Å². The second-order valence-electron chi connectivity index (χ2n) is 5.61. The van der Waals surface area contributed by atoms with Crippen molar-refractivity contribution in [2.24, 2.45) is 0 Å². The maximum atomic E-state index is 11.1. The molecule has 0 heterocycles. The molecule has 1 aromatic rings. The van der Waals surface area contributed by atoms with Gasteiger partial charge in [-0.2, -0.15) is 0 Å². The third kappa shape index (κ3) is 3.91. The van der Waals surface area contributed by atoms with Crippen LogP contribution < -0.4 is 5.32 Å². The van der Waals surface area contributed by atoms with Crippen LogP contribution in [0, 0.1) is 17.0 Å². The molecule has 1 fully saturated rings. The number of nitro benzene ring substituents is 1. The molecular formula is C15H21N3O2S. The van der Waals surface area contributed by atoms with Crippen LogP contribution in [0.1, 0.15) is 37.7 Å². The number of nitrogens with zero attached hydrogens (tertiary/aromatic N) is 2. The Bertz CT molecular complexity index is 542. The van der Waals surface area contributed by atoms with Crippen LogP contribution in [0.25, 0.3) is 0 Å². The highest BCUT2D eigenvalue weighted by Crippen LogP contribution is 2.27. The van der Waals surface area contributed by atoms with Gasteiger partial charge in [-0.3, -0.25) is 10.1 Å². The molecule has 6 heteroatoms. The fraction of sp³-hybridized carbons (Fsp3) is 0.533. The van der Waals surface area contributed by atoms with Crippen molar-refractivity contribution in [1.29, 1.82) is 0 Å². The Balaban J connectivity index is 2.10. The van der Waals surface area contributed by atoms with Gasteiger partial charge in [-0.1, -0.05) is 25.3 Å². The Labute approximate surface area is 130 Å². The van der Waals surface area contributed by atoms with Gasteiger partial charge < -0.3 is 10.2 Å².